The molecule has 0 saturated carbocycles. The predicted molar refractivity (Wildman–Crippen MR) is 60.7 cm³/mol. The number of rotatable bonds is 1. The standard InChI is InChI=1S/C12H21NO2/c1-9-7-5-6-8-10(9)13-11(14)15-12(2,3)4/h5-6,9-10H,7-8H2,1-4H3,(H,13,14)/t9?,10-/m1/s1. The van der Waals surface area contributed by atoms with E-state index < -0.39 is 5.60 Å². The molecular weight excluding hydrogens is 190 g/mol. The number of hydrogen-bond acceptors (Lipinski definition) is 2. The summed E-state index contributed by atoms with van der Waals surface area (Å²) in [7, 11) is 0. The Balaban J connectivity index is 2.41. The van der Waals surface area contributed by atoms with Crippen LogP contribution in [0.25, 0.3) is 0 Å². The summed E-state index contributed by atoms with van der Waals surface area (Å²) in [6.07, 6.45) is 5.90. The van der Waals surface area contributed by atoms with Crippen LogP contribution < -0.4 is 5.32 Å². The third kappa shape index (κ3) is 4.36. The molecular formula is C12H21NO2. The molecule has 0 aromatic heterocycles. The molecule has 2 atom stereocenters. The smallest absolute Gasteiger partial charge is 0.407 e. The van der Waals surface area contributed by atoms with Crippen molar-refractivity contribution in [3.05, 3.63) is 12.2 Å². The van der Waals surface area contributed by atoms with E-state index >= 15 is 0 Å². The summed E-state index contributed by atoms with van der Waals surface area (Å²) in [5.41, 5.74) is -0.419. The second kappa shape index (κ2) is 4.69. The van der Waals surface area contributed by atoms with Gasteiger partial charge in [-0.15, -0.1) is 0 Å². The molecule has 1 rings (SSSR count). The zero-order valence-corrected chi connectivity index (χ0v) is 10.0. The summed E-state index contributed by atoms with van der Waals surface area (Å²) in [5.74, 6) is 0.488. The van der Waals surface area contributed by atoms with Crippen molar-refractivity contribution in [2.24, 2.45) is 5.92 Å². The third-order valence-electron chi connectivity index (χ3n) is 2.45. The van der Waals surface area contributed by atoms with Crippen LogP contribution in [0.15, 0.2) is 12.2 Å². The fourth-order valence-corrected chi connectivity index (χ4v) is 1.61. The molecule has 0 aromatic rings. The first-order valence-corrected chi connectivity index (χ1v) is 5.53. The number of carbonyl (C=O) groups excluding carboxylic acids is 1. The third-order valence-corrected chi connectivity index (χ3v) is 2.45. The van der Waals surface area contributed by atoms with Gasteiger partial charge in [-0.25, -0.2) is 4.79 Å². The molecule has 1 aliphatic rings. The second-order valence-electron chi connectivity index (χ2n) is 5.17. The maximum Gasteiger partial charge on any atom is 0.407 e. The number of hydrogen-bond donors (Lipinski definition) is 1. The SMILES string of the molecule is CC1CC=CC[C@H]1NC(=O)OC(C)(C)C. The van der Waals surface area contributed by atoms with Gasteiger partial charge in [-0.2, -0.15) is 0 Å². The average molecular weight is 211 g/mol. The molecule has 1 N–H and O–H groups in total. The zero-order chi connectivity index (χ0) is 11.5. The van der Waals surface area contributed by atoms with Gasteiger partial charge in [-0.1, -0.05) is 19.1 Å². The summed E-state index contributed by atoms with van der Waals surface area (Å²) in [6.45, 7) is 7.76. The topological polar surface area (TPSA) is 38.3 Å². The molecule has 0 aliphatic heterocycles. The highest BCUT2D eigenvalue weighted by atomic mass is 16.6. The first-order valence-electron chi connectivity index (χ1n) is 5.53. The maximum absolute atomic E-state index is 11.5. The van der Waals surface area contributed by atoms with Gasteiger partial charge in [0.25, 0.3) is 0 Å². The highest BCUT2D eigenvalue weighted by Crippen LogP contribution is 2.18. The van der Waals surface area contributed by atoms with Crippen molar-refractivity contribution in [1.29, 1.82) is 0 Å². The number of allylic oxidation sites excluding steroid dienone is 1. The van der Waals surface area contributed by atoms with Gasteiger partial charge in [-0.3, -0.25) is 0 Å². The summed E-state index contributed by atoms with van der Waals surface area (Å²) >= 11 is 0. The van der Waals surface area contributed by atoms with Crippen LogP contribution in [0.3, 0.4) is 0 Å². The average Bonchev–Trinajstić information content (AvgIpc) is 2.05. The van der Waals surface area contributed by atoms with Gasteiger partial charge in [0, 0.05) is 6.04 Å². The second-order valence-corrected chi connectivity index (χ2v) is 5.17. The fourth-order valence-electron chi connectivity index (χ4n) is 1.61. The Kier molecular flexibility index (Phi) is 3.77. The molecule has 0 bridgehead atoms. The molecule has 3 heteroatoms. The number of amides is 1. The van der Waals surface area contributed by atoms with Crippen LogP contribution in [0, 0.1) is 5.92 Å². The lowest BCUT2D eigenvalue weighted by molar-refractivity contribution is 0.0487. The van der Waals surface area contributed by atoms with Crippen molar-refractivity contribution in [3.63, 3.8) is 0 Å². The van der Waals surface area contributed by atoms with E-state index in [0.717, 1.165) is 12.8 Å². The molecule has 1 aliphatic carbocycles. The highest BCUT2D eigenvalue weighted by Gasteiger charge is 2.23. The van der Waals surface area contributed by atoms with Crippen LogP contribution in [0.5, 0.6) is 0 Å². The lowest BCUT2D eigenvalue weighted by atomic mass is 9.91. The van der Waals surface area contributed by atoms with Crippen LogP contribution >= 0.6 is 0 Å². The molecule has 1 unspecified atom stereocenters. The van der Waals surface area contributed by atoms with Crippen LogP contribution in [-0.2, 0) is 4.74 Å². The number of carbonyl (C=O) groups is 1. The van der Waals surface area contributed by atoms with E-state index in [0.29, 0.717) is 5.92 Å². The van der Waals surface area contributed by atoms with Gasteiger partial charge >= 0.3 is 6.09 Å². The van der Waals surface area contributed by atoms with Crippen molar-refractivity contribution < 1.29 is 9.53 Å². The number of alkyl carbamates (subject to hydrolysis) is 1. The first-order chi connectivity index (χ1) is 6.88. The van der Waals surface area contributed by atoms with Crippen molar-refractivity contribution >= 4 is 6.09 Å². The fraction of sp³-hybridized carbons (Fsp3) is 0.750. The van der Waals surface area contributed by atoms with Crippen molar-refractivity contribution in [3.8, 4) is 0 Å². The summed E-state index contributed by atoms with van der Waals surface area (Å²) in [5, 5.41) is 2.91. The minimum Gasteiger partial charge on any atom is -0.444 e. The van der Waals surface area contributed by atoms with E-state index in [9.17, 15) is 4.79 Å². The summed E-state index contributed by atoms with van der Waals surface area (Å²) in [4.78, 5) is 11.5. The molecule has 0 heterocycles. The van der Waals surface area contributed by atoms with Crippen LogP contribution in [0.2, 0.25) is 0 Å². The monoisotopic (exact) mass is 211 g/mol. The lowest BCUT2D eigenvalue weighted by Crippen LogP contribution is -2.42. The zero-order valence-electron chi connectivity index (χ0n) is 10.0. The Morgan fingerprint density at radius 2 is 1.93 bits per heavy atom. The largest absolute Gasteiger partial charge is 0.444 e. The number of ether oxygens (including phenoxy) is 1. The Hall–Kier alpha value is -0.990. The van der Waals surface area contributed by atoms with Gasteiger partial charge < -0.3 is 10.1 Å². The Morgan fingerprint density at radius 1 is 1.33 bits per heavy atom. The van der Waals surface area contributed by atoms with Gasteiger partial charge in [0.2, 0.25) is 0 Å². The van der Waals surface area contributed by atoms with Crippen LogP contribution in [0.1, 0.15) is 40.5 Å². The first kappa shape index (κ1) is 12.1. The molecule has 0 saturated heterocycles. The van der Waals surface area contributed by atoms with E-state index in [4.69, 9.17) is 4.74 Å². The van der Waals surface area contributed by atoms with Crippen LogP contribution in [0.4, 0.5) is 4.79 Å². The van der Waals surface area contributed by atoms with Crippen molar-refractivity contribution in [2.75, 3.05) is 0 Å². The lowest BCUT2D eigenvalue weighted by Gasteiger charge is -2.28. The minimum atomic E-state index is -0.419. The predicted octanol–water partition coefficient (Wildman–Crippen LogP) is 2.87. The Labute approximate surface area is 91.9 Å². The van der Waals surface area contributed by atoms with E-state index in [1.807, 2.05) is 20.8 Å². The molecule has 0 spiro atoms. The maximum atomic E-state index is 11.5. The molecule has 3 nitrogen and oxygen atoms in total. The van der Waals surface area contributed by atoms with E-state index in [2.05, 4.69) is 24.4 Å². The Morgan fingerprint density at radius 3 is 2.47 bits per heavy atom. The summed E-state index contributed by atoms with van der Waals surface area (Å²) in [6, 6.07) is 0.213. The van der Waals surface area contributed by atoms with Crippen LogP contribution in [-0.4, -0.2) is 17.7 Å². The van der Waals surface area contributed by atoms with Crippen molar-refractivity contribution in [2.45, 2.75) is 52.2 Å². The molecule has 0 fully saturated rings. The van der Waals surface area contributed by atoms with Crippen molar-refractivity contribution in [1.82, 2.24) is 5.32 Å². The quantitative estimate of drug-likeness (QED) is 0.677. The molecule has 0 radical (unpaired) electrons. The highest BCUT2D eigenvalue weighted by molar-refractivity contribution is 5.68. The Bertz CT molecular complexity index is 253. The van der Waals surface area contributed by atoms with Gasteiger partial charge in [0.1, 0.15) is 5.60 Å². The molecule has 1 amide bonds. The molecule has 0 aromatic carbocycles. The van der Waals surface area contributed by atoms with Gasteiger partial charge in [-0.05, 0) is 39.5 Å². The number of nitrogens with one attached hydrogen (secondary N) is 1. The summed E-state index contributed by atoms with van der Waals surface area (Å²) < 4.78 is 5.21. The van der Waals surface area contributed by atoms with Gasteiger partial charge in [0.15, 0.2) is 0 Å². The normalized spacial score (nSPS) is 26.1. The molecule has 86 valence electrons. The van der Waals surface area contributed by atoms with E-state index in [1.54, 1.807) is 0 Å². The molecule has 15 heavy (non-hydrogen) atoms. The van der Waals surface area contributed by atoms with E-state index in [-0.39, 0.29) is 12.1 Å². The minimum absolute atomic E-state index is 0.213. The van der Waals surface area contributed by atoms with Gasteiger partial charge in [0.05, 0.1) is 0 Å². The van der Waals surface area contributed by atoms with E-state index in [1.165, 1.54) is 0 Å².